The van der Waals surface area contributed by atoms with Gasteiger partial charge in [-0.3, -0.25) is 9.12 Å². The van der Waals surface area contributed by atoms with Crippen LogP contribution < -0.4 is 0 Å². The first-order valence-corrected chi connectivity index (χ1v) is 11.1. The van der Waals surface area contributed by atoms with Crippen LogP contribution in [0.2, 0.25) is 5.02 Å². The second-order valence-corrected chi connectivity index (χ2v) is 9.50. The van der Waals surface area contributed by atoms with Gasteiger partial charge in [0, 0.05) is 17.0 Å². The van der Waals surface area contributed by atoms with E-state index >= 15 is 0 Å². The van der Waals surface area contributed by atoms with Crippen molar-refractivity contribution in [3.63, 3.8) is 0 Å². The summed E-state index contributed by atoms with van der Waals surface area (Å²) in [7, 11) is -4.73. The van der Waals surface area contributed by atoms with E-state index in [1.54, 1.807) is 34.9 Å². The molecule has 0 radical (unpaired) electrons. The Morgan fingerprint density at radius 3 is 2.45 bits per heavy atom. The van der Waals surface area contributed by atoms with Crippen LogP contribution in [0.25, 0.3) is 11.0 Å². The van der Waals surface area contributed by atoms with Crippen molar-refractivity contribution in [3.05, 3.63) is 64.4 Å². The number of aromatic nitrogens is 2. The highest BCUT2D eigenvalue weighted by atomic mass is 35.5. The number of halogens is 1. The highest BCUT2D eigenvalue weighted by Crippen LogP contribution is 2.33. The summed E-state index contributed by atoms with van der Waals surface area (Å²) in [6, 6.07) is 12.5. The van der Waals surface area contributed by atoms with Crippen LogP contribution in [0.4, 0.5) is 0 Å². The van der Waals surface area contributed by atoms with Gasteiger partial charge in [0.05, 0.1) is 11.0 Å². The van der Waals surface area contributed by atoms with E-state index in [2.05, 4.69) is 20.8 Å². The van der Waals surface area contributed by atoms with Crippen LogP contribution in [0.15, 0.2) is 42.5 Å². The zero-order valence-corrected chi connectivity index (χ0v) is 18.5. The fourth-order valence-corrected chi connectivity index (χ4v) is 3.75. The van der Waals surface area contributed by atoms with Crippen molar-refractivity contribution in [1.82, 2.24) is 9.55 Å². The van der Waals surface area contributed by atoms with Crippen molar-refractivity contribution in [2.75, 3.05) is 0 Å². The minimum atomic E-state index is -4.73. The maximum Gasteiger partial charge on any atom is 0.399 e. The molecule has 0 spiro atoms. The molecular weight excluding hydrogens is 412 g/mol. The molecule has 0 aliphatic rings. The topological polar surface area (TPSA) is 81.4 Å². The van der Waals surface area contributed by atoms with Crippen molar-refractivity contribution in [2.24, 2.45) is 5.41 Å². The largest absolute Gasteiger partial charge is 0.399 e. The molecule has 0 bridgehead atoms. The second-order valence-electron chi connectivity index (χ2n) is 8.01. The lowest BCUT2D eigenvalue weighted by Crippen LogP contribution is -2.23. The molecule has 1 N–H and O–H groups in total. The zero-order chi connectivity index (χ0) is 21.4. The molecule has 0 saturated carbocycles. The van der Waals surface area contributed by atoms with Crippen molar-refractivity contribution in [2.45, 2.75) is 46.8 Å². The van der Waals surface area contributed by atoms with E-state index in [9.17, 15) is 13.0 Å². The Balaban J connectivity index is 2.27. The lowest BCUT2D eigenvalue weighted by atomic mass is 9.86. The number of fused-ring (bicyclic) bond motifs is 1. The zero-order valence-electron chi connectivity index (χ0n) is 16.9. The van der Waals surface area contributed by atoms with Gasteiger partial charge >= 0.3 is 10.4 Å². The first kappa shape index (κ1) is 21.8. The molecule has 6 nitrogen and oxygen atoms in total. The second kappa shape index (κ2) is 8.07. The van der Waals surface area contributed by atoms with Crippen molar-refractivity contribution in [3.8, 4) is 0 Å². The van der Waals surface area contributed by atoms with E-state index in [4.69, 9.17) is 20.8 Å². The monoisotopic (exact) mass is 436 g/mol. The summed E-state index contributed by atoms with van der Waals surface area (Å²) >= 11 is 6.14. The van der Waals surface area contributed by atoms with Gasteiger partial charge in [-0.1, -0.05) is 68.6 Å². The minimum absolute atomic E-state index is 0.0706. The number of imidazole rings is 1. The molecule has 3 rings (SSSR count). The predicted molar refractivity (Wildman–Crippen MR) is 114 cm³/mol. The van der Waals surface area contributed by atoms with Gasteiger partial charge < -0.3 is 0 Å². The van der Waals surface area contributed by atoms with Crippen LogP contribution in [-0.4, -0.2) is 22.5 Å². The van der Waals surface area contributed by atoms with Gasteiger partial charge in [-0.15, -0.1) is 0 Å². The SMILES string of the molecule is CCC(C)(C)Cc1nc2cc(Cl)ccc2n1C(OS(=O)(=O)O)c1ccc(C)cc1. The Morgan fingerprint density at radius 2 is 1.86 bits per heavy atom. The molecular formula is C21H25ClN2O4S. The molecule has 1 heterocycles. The molecule has 1 atom stereocenters. The molecule has 0 aliphatic carbocycles. The molecule has 0 saturated heterocycles. The number of hydrogen-bond donors (Lipinski definition) is 1. The molecule has 0 fully saturated rings. The van der Waals surface area contributed by atoms with Crippen molar-refractivity contribution < 1.29 is 17.2 Å². The Morgan fingerprint density at radius 1 is 1.21 bits per heavy atom. The fourth-order valence-electron chi connectivity index (χ4n) is 3.16. The average Bonchev–Trinajstić information content (AvgIpc) is 2.95. The number of aryl methyl sites for hydroxylation is 1. The first-order chi connectivity index (χ1) is 13.5. The third-order valence-corrected chi connectivity index (χ3v) is 5.79. The molecule has 0 amide bonds. The Kier molecular flexibility index (Phi) is 6.06. The summed E-state index contributed by atoms with van der Waals surface area (Å²) in [5.41, 5.74) is 2.84. The maximum atomic E-state index is 11.7. The quantitative estimate of drug-likeness (QED) is 0.505. The van der Waals surface area contributed by atoms with Crippen LogP contribution >= 0.6 is 11.6 Å². The fraction of sp³-hybridized carbons (Fsp3) is 0.381. The summed E-state index contributed by atoms with van der Waals surface area (Å²) in [6.07, 6.45) is 0.401. The molecule has 29 heavy (non-hydrogen) atoms. The highest BCUT2D eigenvalue weighted by Gasteiger charge is 2.29. The lowest BCUT2D eigenvalue weighted by molar-refractivity contribution is 0.155. The van der Waals surface area contributed by atoms with E-state index in [1.165, 1.54) is 0 Å². The average molecular weight is 437 g/mol. The van der Waals surface area contributed by atoms with Crippen molar-refractivity contribution in [1.29, 1.82) is 0 Å². The smallest absolute Gasteiger partial charge is 0.296 e. The van der Waals surface area contributed by atoms with E-state index in [1.807, 2.05) is 19.1 Å². The van der Waals surface area contributed by atoms with Crippen LogP contribution in [0.3, 0.4) is 0 Å². The summed E-state index contributed by atoms with van der Waals surface area (Å²) in [4.78, 5) is 4.72. The van der Waals surface area contributed by atoms with E-state index < -0.39 is 16.6 Å². The first-order valence-electron chi connectivity index (χ1n) is 9.38. The Hall–Kier alpha value is -1.93. The summed E-state index contributed by atoms with van der Waals surface area (Å²) in [6.45, 7) is 8.27. The van der Waals surface area contributed by atoms with Crippen molar-refractivity contribution >= 4 is 33.0 Å². The molecule has 8 heteroatoms. The van der Waals surface area contributed by atoms with Gasteiger partial charge in [0.2, 0.25) is 0 Å². The highest BCUT2D eigenvalue weighted by molar-refractivity contribution is 7.80. The molecule has 3 aromatic rings. The van der Waals surface area contributed by atoms with Gasteiger partial charge in [0.25, 0.3) is 0 Å². The van der Waals surface area contributed by atoms with Gasteiger partial charge in [-0.25, -0.2) is 9.17 Å². The normalized spacial score (nSPS) is 13.7. The number of nitrogens with zero attached hydrogens (tertiary/aromatic N) is 2. The summed E-state index contributed by atoms with van der Waals surface area (Å²) < 4.78 is 39.8. The van der Waals surface area contributed by atoms with Gasteiger partial charge in [0.15, 0.2) is 6.23 Å². The van der Waals surface area contributed by atoms with Gasteiger partial charge in [0.1, 0.15) is 5.82 Å². The van der Waals surface area contributed by atoms with Crippen LogP contribution in [0.5, 0.6) is 0 Å². The molecule has 1 unspecified atom stereocenters. The minimum Gasteiger partial charge on any atom is -0.296 e. The molecule has 1 aromatic heterocycles. The summed E-state index contributed by atoms with van der Waals surface area (Å²) in [5, 5.41) is 0.533. The Labute approximate surface area is 176 Å². The maximum absolute atomic E-state index is 11.7. The Bertz CT molecular complexity index is 1120. The van der Waals surface area contributed by atoms with E-state index in [0.717, 1.165) is 12.0 Å². The van der Waals surface area contributed by atoms with Crippen LogP contribution in [0, 0.1) is 12.3 Å². The molecule has 156 valence electrons. The standard InChI is InChI=1S/C21H25ClN2O4S/c1-5-21(3,4)13-19-23-17-12-16(22)10-11-18(17)24(19)20(28-29(25,26)27)15-8-6-14(2)7-9-15/h6-12,20H,5,13H2,1-4H3,(H,25,26,27). The third kappa shape index (κ3) is 5.17. The molecule has 0 aliphatic heterocycles. The van der Waals surface area contributed by atoms with Gasteiger partial charge in [-0.2, -0.15) is 8.42 Å². The van der Waals surface area contributed by atoms with Crippen LogP contribution in [0.1, 0.15) is 50.4 Å². The van der Waals surface area contributed by atoms with E-state index in [-0.39, 0.29) is 5.41 Å². The molecule has 2 aromatic carbocycles. The van der Waals surface area contributed by atoms with E-state index in [0.29, 0.717) is 33.9 Å². The lowest BCUT2D eigenvalue weighted by Gasteiger charge is -2.26. The third-order valence-electron chi connectivity index (χ3n) is 5.13. The number of benzene rings is 2. The summed E-state index contributed by atoms with van der Waals surface area (Å²) in [5.74, 6) is 0.656. The predicted octanol–water partition coefficient (Wildman–Crippen LogP) is 5.34. The van der Waals surface area contributed by atoms with Gasteiger partial charge in [-0.05, 0) is 30.5 Å². The number of hydrogen-bond acceptors (Lipinski definition) is 4. The number of rotatable bonds is 7. The van der Waals surface area contributed by atoms with Crippen LogP contribution in [-0.2, 0) is 21.0 Å².